The zero-order chi connectivity index (χ0) is 28.7. The van der Waals surface area contributed by atoms with E-state index in [4.69, 9.17) is 19.7 Å². The lowest BCUT2D eigenvalue weighted by atomic mass is 10.2. The summed E-state index contributed by atoms with van der Waals surface area (Å²) in [4.78, 5) is 43.1. The molecule has 0 unspecified atom stereocenters. The number of amides is 3. The molecule has 0 aromatic carbocycles. The molecule has 0 atom stereocenters. The highest BCUT2D eigenvalue weighted by Crippen LogP contribution is 2.13. The average Bonchev–Trinajstić information content (AvgIpc) is 2.69. The molecule has 0 aliphatic carbocycles. The molecule has 0 saturated carbocycles. The van der Waals surface area contributed by atoms with Crippen LogP contribution in [-0.2, 0) is 14.2 Å². The Labute approximate surface area is 222 Å². The summed E-state index contributed by atoms with van der Waals surface area (Å²) in [5.41, 5.74) is 6.63. The van der Waals surface area contributed by atoms with Crippen LogP contribution in [0.5, 0.6) is 0 Å². The van der Waals surface area contributed by atoms with Crippen LogP contribution in [0.4, 0.5) is 14.4 Å². The third-order valence-corrected chi connectivity index (χ3v) is 4.43. The summed E-state index contributed by atoms with van der Waals surface area (Å²) in [5, 5.41) is 6.21. The molecule has 12 heteroatoms. The van der Waals surface area contributed by atoms with Crippen LogP contribution < -0.4 is 5.32 Å². The van der Waals surface area contributed by atoms with Crippen LogP contribution in [0.1, 0.15) is 88.0 Å². The number of rotatable bonds is 13. The van der Waals surface area contributed by atoms with Gasteiger partial charge in [-0.1, -0.05) is 5.11 Å². The predicted molar refractivity (Wildman–Crippen MR) is 142 cm³/mol. The van der Waals surface area contributed by atoms with Crippen LogP contribution in [0.2, 0.25) is 0 Å². The second-order valence-corrected chi connectivity index (χ2v) is 11.7. The Balaban J connectivity index is 4.92. The minimum absolute atomic E-state index is 0.291. The lowest BCUT2D eigenvalue weighted by molar-refractivity contribution is 0.0207. The number of nitrogens with one attached hydrogen (secondary N) is 1. The molecule has 214 valence electrons. The van der Waals surface area contributed by atoms with Crippen LogP contribution in [0.3, 0.4) is 0 Å². The van der Waals surface area contributed by atoms with Gasteiger partial charge < -0.3 is 29.3 Å². The first-order chi connectivity index (χ1) is 16.9. The van der Waals surface area contributed by atoms with Crippen molar-refractivity contribution >= 4 is 18.3 Å². The molecule has 0 aromatic heterocycles. The Kier molecular flexibility index (Phi) is 14.8. The molecule has 12 nitrogen and oxygen atoms in total. The molecule has 0 saturated heterocycles. The Morgan fingerprint density at radius 1 is 0.703 bits per heavy atom. The Morgan fingerprint density at radius 2 is 1.11 bits per heavy atom. The van der Waals surface area contributed by atoms with Crippen molar-refractivity contribution < 1.29 is 28.6 Å². The van der Waals surface area contributed by atoms with Crippen LogP contribution >= 0.6 is 0 Å². The molecule has 0 fully saturated rings. The Hall–Kier alpha value is -2.88. The van der Waals surface area contributed by atoms with E-state index in [1.54, 1.807) is 51.3 Å². The Bertz CT molecular complexity index is 763. The van der Waals surface area contributed by atoms with Crippen molar-refractivity contribution in [2.45, 2.75) is 105 Å². The number of ether oxygens (including phenoxy) is 3. The lowest BCUT2D eigenvalue weighted by Gasteiger charge is -2.29. The number of nitrogens with zero attached hydrogens (tertiary/aromatic N) is 5. The molecular formula is C25H48N6O6. The summed E-state index contributed by atoms with van der Waals surface area (Å²) in [7, 11) is 0. The van der Waals surface area contributed by atoms with E-state index in [1.165, 1.54) is 0 Å². The molecule has 0 aliphatic heterocycles. The maximum absolute atomic E-state index is 12.7. The van der Waals surface area contributed by atoms with E-state index >= 15 is 0 Å². The first-order valence-electron chi connectivity index (χ1n) is 12.9. The van der Waals surface area contributed by atoms with Crippen LogP contribution in [0.25, 0.3) is 10.4 Å². The van der Waals surface area contributed by atoms with Gasteiger partial charge in [0.1, 0.15) is 16.8 Å². The number of alkyl carbamates (subject to hydrolysis) is 1. The number of carbonyl (C=O) groups is 3. The topological polar surface area (TPSA) is 146 Å². The first kappa shape index (κ1) is 34.1. The summed E-state index contributed by atoms with van der Waals surface area (Å²) in [5.74, 6) is 0. The smallest absolute Gasteiger partial charge is 0.410 e. The fourth-order valence-corrected chi connectivity index (χ4v) is 3.00. The van der Waals surface area contributed by atoms with Crippen molar-refractivity contribution in [1.82, 2.24) is 15.1 Å². The number of hydrogen-bond donors (Lipinski definition) is 1. The lowest BCUT2D eigenvalue weighted by Crippen LogP contribution is -2.40. The standard InChI is InChI=1S/C25H48N6O6/c1-23(2,3)35-20(32)27-14-12-18-30(21(33)36-24(4,5)6)16-10-11-17-31(19-13-15-28-29-26)22(34)37-25(7,8)9/h10-19H2,1-9H3,(H,27,32). The third-order valence-electron chi connectivity index (χ3n) is 4.43. The van der Waals surface area contributed by atoms with Gasteiger partial charge in [-0.2, -0.15) is 0 Å². The van der Waals surface area contributed by atoms with Gasteiger partial charge in [-0.3, -0.25) is 0 Å². The summed E-state index contributed by atoms with van der Waals surface area (Å²) in [6.07, 6.45) is 0.970. The van der Waals surface area contributed by atoms with Crippen molar-refractivity contribution in [2.75, 3.05) is 39.3 Å². The van der Waals surface area contributed by atoms with Gasteiger partial charge in [0.15, 0.2) is 0 Å². The van der Waals surface area contributed by atoms with Crippen LogP contribution in [0.15, 0.2) is 5.11 Å². The fraction of sp³-hybridized carbons (Fsp3) is 0.880. The van der Waals surface area contributed by atoms with E-state index in [9.17, 15) is 14.4 Å². The molecule has 0 radical (unpaired) electrons. The first-order valence-corrected chi connectivity index (χ1v) is 12.9. The number of azide groups is 1. The van der Waals surface area contributed by atoms with Gasteiger partial charge >= 0.3 is 18.3 Å². The summed E-state index contributed by atoms with van der Waals surface area (Å²) in [6, 6.07) is 0. The van der Waals surface area contributed by atoms with Gasteiger partial charge in [0.25, 0.3) is 0 Å². The molecule has 0 spiro atoms. The average molecular weight is 529 g/mol. The molecule has 0 rings (SSSR count). The van der Waals surface area contributed by atoms with Crippen molar-refractivity contribution in [3.63, 3.8) is 0 Å². The van der Waals surface area contributed by atoms with E-state index in [-0.39, 0.29) is 0 Å². The molecule has 0 bridgehead atoms. The normalized spacial score (nSPS) is 11.7. The van der Waals surface area contributed by atoms with Crippen molar-refractivity contribution in [2.24, 2.45) is 5.11 Å². The van der Waals surface area contributed by atoms with E-state index in [1.807, 2.05) is 20.8 Å². The van der Waals surface area contributed by atoms with Crippen molar-refractivity contribution in [1.29, 1.82) is 0 Å². The maximum Gasteiger partial charge on any atom is 0.410 e. The molecule has 0 aromatic rings. The van der Waals surface area contributed by atoms with Gasteiger partial charge in [-0.15, -0.1) is 0 Å². The molecule has 0 aliphatic rings. The summed E-state index contributed by atoms with van der Waals surface area (Å²) >= 11 is 0. The van der Waals surface area contributed by atoms with Crippen LogP contribution in [-0.4, -0.2) is 84.2 Å². The Morgan fingerprint density at radius 3 is 1.51 bits per heavy atom. The van der Waals surface area contributed by atoms with E-state index in [0.29, 0.717) is 65.0 Å². The van der Waals surface area contributed by atoms with E-state index in [2.05, 4.69) is 15.3 Å². The largest absolute Gasteiger partial charge is 0.444 e. The van der Waals surface area contributed by atoms with E-state index in [0.717, 1.165) is 0 Å². The maximum atomic E-state index is 12.7. The minimum atomic E-state index is -0.635. The van der Waals surface area contributed by atoms with Gasteiger partial charge in [-0.25, -0.2) is 14.4 Å². The number of carbonyl (C=O) groups excluding carboxylic acids is 3. The summed E-state index contributed by atoms with van der Waals surface area (Å²) < 4.78 is 16.3. The highest BCUT2D eigenvalue weighted by Gasteiger charge is 2.24. The van der Waals surface area contributed by atoms with Gasteiger partial charge in [0.2, 0.25) is 0 Å². The molecule has 1 N–H and O–H groups in total. The van der Waals surface area contributed by atoms with Crippen molar-refractivity contribution in [3.8, 4) is 0 Å². The van der Waals surface area contributed by atoms with Gasteiger partial charge in [-0.05, 0) is 93.5 Å². The molecule has 3 amide bonds. The summed E-state index contributed by atoms with van der Waals surface area (Å²) in [6.45, 7) is 18.5. The molecule has 37 heavy (non-hydrogen) atoms. The fourth-order valence-electron chi connectivity index (χ4n) is 3.00. The highest BCUT2D eigenvalue weighted by atomic mass is 16.6. The highest BCUT2D eigenvalue weighted by molar-refractivity contribution is 5.69. The number of hydrogen-bond acceptors (Lipinski definition) is 7. The second kappa shape index (κ2) is 16.1. The van der Waals surface area contributed by atoms with Gasteiger partial charge in [0.05, 0.1) is 0 Å². The monoisotopic (exact) mass is 528 g/mol. The number of unbranched alkanes of at least 4 members (excludes halogenated alkanes) is 1. The van der Waals surface area contributed by atoms with E-state index < -0.39 is 35.1 Å². The quantitative estimate of drug-likeness (QED) is 0.104. The zero-order valence-electron chi connectivity index (χ0n) is 24.3. The molecular weight excluding hydrogens is 480 g/mol. The van der Waals surface area contributed by atoms with Crippen LogP contribution in [0, 0.1) is 0 Å². The van der Waals surface area contributed by atoms with Crippen molar-refractivity contribution in [3.05, 3.63) is 10.4 Å². The zero-order valence-corrected chi connectivity index (χ0v) is 24.3. The minimum Gasteiger partial charge on any atom is -0.444 e. The predicted octanol–water partition coefficient (Wildman–Crippen LogP) is 5.86. The molecule has 0 heterocycles. The second-order valence-electron chi connectivity index (χ2n) is 11.7. The SMILES string of the molecule is CC(C)(C)OC(=O)NCCCN(CCCCN(CCCN=[N+]=[N-])C(=O)OC(C)(C)C)C(=O)OC(C)(C)C. The third kappa shape index (κ3) is 19.9. The van der Waals surface area contributed by atoms with Gasteiger partial charge in [0, 0.05) is 44.2 Å².